The van der Waals surface area contributed by atoms with Crippen LogP contribution in [0.3, 0.4) is 0 Å². The lowest BCUT2D eigenvalue weighted by Crippen LogP contribution is -2.39. The molecule has 1 unspecified atom stereocenters. The van der Waals surface area contributed by atoms with E-state index in [0.29, 0.717) is 41.9 Å². The Morgan fingerprint density at radius 3 is 2.52 bits per heavy atom. The van der Waals surface area contributed by atoms with Crippen molar-refractivity contribution in [2.75, 3.05) is 11.9 Å². The number of rotatable bonds is 9. The summed E-state index contributed by atoms with van der Waals surface area (Å²) in [6.07, 6.45) is 0.878. The zero-order chi connectivity index (χ0) is 24.1. The predicted octanol–water partition coefficient (Wildman–Crippen LogP) is 4.43. The van der Waals surface area contributed by atoms with Crippen LogP contribution in [0.4, 0.5) is 10.1 Å². The molecule has 1 N–H and O–H groups in total. The standard InChI is InChI=1S/C24H27ClFN3O4/c1-4-28-21-9-6-16(13-18(21)23(31)29(5-2)24(28)32)27-22(30)12-15(3)10-11-33-17-7-8-20(26)19(25)14-17/h6-9,13-15H,4-5,10-12H2,1-3H3,(H,27,30). The normalized spacial score (nSPS) is 12.0. The molecule has 3 rings (SSSR count). The predicted molar refractivity (Wildman–Crippen MR) is 128 cm³/mol. The molecule has 0 aliphatic rings. The number of anilines is 1. The number of halogens is 2. The molecule has 0 aliphatic heterocycles. The number of nitrogens with zero attached hydrogens (tertiary/aromatic N) is 2. The Bertz CT molecular complexity index is 1290. The van der Waals surface area contributed by atoms with Crippen molar-refractivity contribution >= 4 is 34.1 Å². The molecule has 9 heteroatoms. The number of hydrogen-bond acceptors (Lipinski definition) is 4. The molecule has 1 atom stereocenters. The summed E-state index contributed by atoms with van der Waals surface area (Å²) in [5.41, 5.74) is 0.331. The lowest BCUT2D eigenvalue weighted by atomic mass is 10.0. The highest BCUT2D eigenvalue weighted by molar-refractivity contribution is 6.30. The van der Waals surface area contributed by atoms with Gasteiger partial charge in [-0.15, -0.1) is 0 Å². The van der Waals surface area contributed by atoms with Crippen molar-refractivity contribution in [3.05, 3.63) is 68.1 Å². The van der Waals surface area contributed by atoms with Crippen molar-refractivity contribution in [3.63, 3.8) is 0 Å². The number of benzene rings is 2. The summed E-state index contributed by atoms with van der Waals surface area (Å²) in [6, 6.07) is 9.14. The van der Waals surface area contributed by atoms with Crippen LogP contribution in [0.1, 0.15) is 33.6 Å². The molecule has 0 fully saturated rings. The van der Waals surface area contributed by atoms with E-state index in [-0.39, 0.29) is 41.1 Å². The van der Waals surface area contributed by atoms with E-state index in [1.807, 2.05) is 13.8 Å². The first kappa shape index (κ1) is 24.5. The molecular formula is C24H27ClFN3O4. The van der Waals surface area contributed by atoms with Crippen LogP contribution in [0, 0.1) is 11.7 Å². The fourth-order valence-corrected chi connectivity index (χ4v) is 3.83. The molecule has 33 heavy (non-hydrogen) atoms. The summed E-state index contributed by atoms with van der Waals surface area (Å²) in [5.74, 6) is -0.192. The quantitative estimate of drug-likeness (QED) is 0.496. The Labute approximate surface area is 195 Å². The fraction of sp³-hybridized carbons (Fsp3) is 0.375. The number of carbonyl (C=O) groups is 1. The topological polar surface area (TPSA) is 82.3 Å². The van der Waals surface area contributed by atoms with Crippen LogP contribution in [-0.2, 0) is 17.9 Å². The Kier molecular flexibility index (Phi) is 7.92. The molecule has 0 bridgehead atoms. The number of aromatic nitrogens is 2. The van der Waals surface area contributed by atoms with Crippen LogP contribution < -0.4 is 21.3 Å². The van der Waals surface area contributed by atoms with E-state index in [1.54, 1.807) is 29.7 Å². The molecule has 176 valence electrons. The Morgan fingerprint density at radius 2 is 1.85 bits per heavy atom. The molecule has 0 aliphatic carbocycles. The van der Waals surface area contributed by atoms with Gasteiger partial charge in [0.15, 0.2) is 0 Å². The third-order valence-electron chi connectivity index (χ3n) is 5.45. The van der Waals surface area contributed by atoms with E-state index in [0.717, 1.165) is 0 Å². The molecule has 7 nitrogen and oxygen atoms in total. The summed E-state index contributed by atoms with van der Waals surface area (Å²) in [4.78, 5) is 37.7. The second kappa shape index (κ2) is 10.7. The largest absolute Gasteiger partial charge is 0.494 e. The average molecular weight is 476 g/mol. The molecule has 0 saturated heterocycles. The maximum absolute atomic E-state index is 13.2. The maximum Gasteiger partial charge on any atom is 0.331 e. The van der Waals surface area contributed by atoms with Crippen LogP contribution in [-0.4, -0.2) is 21.6 Å². The fourth-order valence-electron chi connectivity index (χ4n) is 3.66. The molecular weight excluding hydrogens is 449 g/mol. The van der Waals surface area contributed by atoms with E-state index in [4.69, 9.17) is 16.3 Å². The summed E-state index contributed by atoms with van der Waals surface area (Å²) in [6.45, 7) is 6.59. The Morgan fingerprint density at radius 1 is 1.12 bits per heavy atom. The first-order valence-electron chi connectivity index (χ1n) is 10.9. The van der Waals surface area contributed by atoms with Gasteiger partial charge >= 0.3 is 5.69 Å². The van der Waals surface area contributed by atoms with Gasteiger partial charge in [0, 0.05) is 31.3 Å². The van der Waals surface area contributed by atoms with Crippen LogP contribution in [0.25, 0.3) is 10.9 Å². The van der Waals surface area contributed by atoms with Gasteiger partial charge in [-0.1, -0.05) is 18.5 Å². The first-order chi connectivity index (χ1) is 15.7. The number of carbonyl (C=O) groups excluding carboxylic acids is 1. The highest BCUT2D eigenvalue weighted by atomic mass is 35.5. The summed E-state index contributed by atoms with van der Waals surface area (Å²) >= 11 is 5.74. The monoisotopic (exact) mass is 475 g/mol. The third-order valence-corrected chi connectivity index (χ3v) is 5.73. The smallest absolute Gasteiger partial charge is 0.331 e. The molecule has 1 aromatic heterocycles. The van der Waals surface area contributed by atoms with E-state index < -0.39 is 5.82 Å². The third kappa shape index (κ3) is 5.63. The van der Waals surface area contributed by atoms with Crippen molar-refractivity contribution in [2.24, 2.45) is 5.92 Å². The number of ether oxygens (including phenoxy) is 1. The minimum atomic E-state index is -0.505. The summed E-state index contributed by atoms with van der Waals surface area (Å²) in [5, 5.41) is 3.21. The van der Waals surface area contributed by atoms with Gasteiger partial charge in [-0.25, -0.2) is 9.18 Å². The molecule has 0 spiro atoms. The van der Waals surface area contributed by atoms with Crippen molar-refractivity contribution < 1.29 is 13.9 Å². The van der Waals surface area contributed by atoms with Gasteiger partial charge in [-0.05, 0) is 56.5 Å². The lowest BCUT2D eigenvalue weighted by molar-refractivity contribution is -0.117. The number of fused-ring (bicyclic) bond motifs is 1. The number of hydrogen-bond donors (Lipinski definition) is 1. The van der Waals surface area contributed by atoms with Crippen LogP contribution in [0.15, 0.2) is 46.0 Å². The molecule has 0 radical (unpaired) electrons. The zero-order valence-electron chi connectivity index (χ0n) is 18.9. The van der Waals surface area contributed by atoms with Crippen LogP contribution in [0.5, 0.6) is 5.75 Å². The second-order valence-electron chi connectivity index (χ2n) is 7.88. The number of nitrogens with one attached hydrogen (secondary N) is 1. The van der Waals surface area contributed by atoms with E-state index >= 15 is 0 Å². The molecule has 1 heterocycles. The lowest BCUT2D eigenvalue weighted by Gasteiger charge is -2.14. The van der Waals surface area contributed by atoms with E-state index in [1.165, 1.54) is 22.8 Å². The number of amides is 1. The average Bonchev–Trinajstić information content (AvgIpc) is 2.77. The highest BCUT2D eigenvalue weighted by Crippen LogP contribution is 2.22. The van der Waals surface area contributed by atoms with E-state index in [9.17, 15) is 18.8 Å². The Hall–Kier alpha value is -3.13. The Balaban J connectivity index is 1.63. The van der Waals surface area contributed by atoms with Gasteiger partial charge in [0.1, 0.15) is 11.6 Å². The SMILES string of the molecule is CCn1c(=O)c2cc(NC(=O)CC(C)CCOc3ccc(F)c(Cl)c3)ccc2n(CC)c1=O. The zero-order valence-corrected chi connectivity index (χ0v) is 19.6. The molecule has 3 aromatic rings. The molecule has 1 amide bonds. The van der Waals surface area contributed by atoms with Gasteiger partial charge in [-0.3, -0.25) is 18.7 Å². The molecule has 0 saturated carbocycles. The van der Waals surface area contributed by atoms with Crippen LogP contribution >= 0.6 is 11.6 Å². The number of aryl methyl sites for hydroxylation is 1. The minimum absolute atomic E-state index is 0.00283. The summed E-state index contributed by atoms with van der Waals surface area (Å²) in [7, 11) is 0. The van der Waals surface area contributed by atoms with E-state index in [2.05, 4.69) is 5.32 Å². The van der Waals surface area contributed by atoms with Crippen molar-refractivity contribution in [1.29, 1.82) is 0 Å². The first-order valence-corrected chi connectivity index (χ1v) is 11.3. The summed E-state index contributed by atoms with van der Waals surface area (Å²) < 4.78 is 21.5. The van der Waals surface area contributed by atoms with Gasteiger partial charge in [0.2, 0.25) is 5.91 Å². The second-order valence-corrected chi connectivity index (χ2v) is 8.29. The highest BCUT2D eigenvalue weighted by Gasteiger charge is 2.14. The van der Waals surface area contributed by atoms with Crippen LogP contribution in [0.2, 0.25) is 5.02 Å². The van der Waals surface area contributed by atoms with Crippen molar-refractivity contribution in [1.82, 2.24) is 9.13 Å². The van der Waals surface area contributed by atoms with Gasteiger partial charge in [0.05, 0.1) is 22.5 Å². The molecule has 2 aromatic carbocycles. The van der Waals surface area contributed by atoms with Gasteiger partial charge < -0.3 is 10.1 Å². The maximum atomic E-state index is 13.2. The van der Waals surface area contributed by atoms with Crippen molar-refractivity contribution in [2.45, 2.75) is 46.7 Å². The van der Waals surface area contributed by atoms with Gasteiger partial charge in [-0.2, -0.15) is 0 Å². The van der Waals surface area contributed by atoms with Crippen molar-refractivity contribution in [3.8, 4) is 5.75 Å². The minimum Gasteiger partial charge on any atom is -0.494 e. The van der Waals surface area contributed by atoms with Gasteiger partial charge in [0.25, 0.3) is 5.56 Å².